The number of carbonyl (C=O) groups excluding carboxylic acids is 5. The second kappa shape index (κ2) is 15.9. The molecular weight excluding hydrogens is 610 g/mol. The van der Waals surface area contributed by atoms with E-state index in [0.717, 1.165) is 57.8 Å². The summed E-state index contributed by atoms with van der Waals surface area (Å²) >= 11 is 0. The van der Waals surface area contributed by atoms with Crippen molar-refractivity contribution in [2.24, 2.45) is 23.2 Å². The van der Waals surface area contributed by atoms with E-state index in [1.807, 2.05) is 27.7 Å². The van der Waals surface area contributed by atoms with Gasteiger partial charge in [-0.25, -0.2) is 4.98 Å². The van der Waals surface area contributed by atoms with Crippen molar-refractivity contribution in [3.05, 3.63) is 24.3 Å². The number of hydrogen-bond acceptors (Lipinski definition) is 8. The molecule has 5 rings (SSSR count). The Bertz CT molecular complexity index is 1310. The second-order valence-electron chi connectivity index (χ2n) is 15.5. The molecule has 4 aliphatic rings. The highest BCUT2D eigenvalue weighted by Crippen LogP contribution is 2.43. The Balaban J connectivity index is 1.32. The molecule has 48 heavy (non-hydrogen) atoms. The minimum atomic E-state index is -0.927. The van der Waals surface area contributed by atoms with E-state index < -0.39 is 35.2 Å². The fourth-order valence-corrected chi connectivity index (χ4v) is 8.03. The van der Waals surface area contributed by atoms with Crippen molar-refractivity contribution in [1.82, 2.24) is 36.1 Å². The van der Waals surface area contributed by atoms with Gasteiger partial charge in [0.2, 0.25) is 17.6 Å². The summed E-state index contributed by atoms with van der Waals surface area (Å²) in [6.07, 6.45) is 15.3. The van der Waals surface area contributed by atoms with Crippen molar-refractivity contribution in [2.45, 2.75) is 135 Å². The Morgan fingerprint density at radius 3 is 2.33 bits per heavy atom. The fraction of sp³-hybridized carbons (Fsp3) is 0.750. The highest BCUT2D eigenvalue weighted by atomic mass is 16.2. The number of rotatable bonds is 14. The smallest absolute Gasteiger partial charge is 0.289 e. The lowest BCUT2D eigenvalue weighted by atomic mass is 9.82. The van der Waals surface area contributed by atoms with E-state index in [1.165, 1.54) is 25.0 Å². The van der Waals surface area contributed by atoms with Gasteiger partial charge in [-0.15, -0.1) is 0 Å². The summed E-state index contributed by atoms with van der Waals surface area (Å²) in [6, 6.07) is -2.42. The van der Waals surface area contributed by atoms with Crippen LogP contribution in [0.15, 0.2) is 18.6 Å². The van der Waals surface area contributed by atoms with Crippen molar-refractivity contribution in [2.75, 3.05) is 13.1 Å². The number of amides is 4. The van der Waals surface area contributed by atoms with Crippen molar-refractivity contribution in [1.29, 1.82) is 0 Å². The van der Waals surface area contributed by atoms with Crippen LogP contribution < -0.4 is 21.3 Å². The molecule has 1 saturated heterocycles. The summed E-state index contributed by atoms with van der Waals surface area (Å²) < 4.78 is 0. The van der Waals surface area contributed by atoms with Crippen LogP contribution in [-0.2, 0) is 19.2 Å². The number of nitrogens with zero attached hydrogens (tertiary/aromatic N) is 3. The van der Waals surface area contributed by atoms with Crippen molar-refractivity contribution in [3.8, 4) is 0 Å². The molecule has 4 amide bonds. The number of likely N-dealkylation sites (tertiary alicyclic amines) is 1. The van der Waals surface area contributed by atoms with Crippen LogP contribution >= 0.6 is 0 Å². The van der Waals surface area contributed by atoms with Crippen LogP contribution in [-0.4, -0.2) is 87.6 Å². The number of fused-ring (bicyclic) bond motifs is 1. The predicted octanol–water partition coefficient (Wildman–Crippen LogP) is 2.92. The van der Waals surface area contributed by atoms with E-state index in [1.54, 1.807) is 4.90 Å². The minimum absolute atomic E-state index is 0.00787. The Labute approximate surface area is 284 Å². The third-order valence-corrected chi connectivity index (χ3v) is 10.8. The molecule has 12 heteroatoms. The first kappa shape index (κ1) is 35.9. The molecule has 1 aliphatic heterocycles. The number of ketones is 1. The molecule has 1 aromatic rings. The van der Waals surface area contributed by atoms with E-state index >= 15 is 0 Å². The molecule has 264 valence electrons. The van der Waals surface area contributed by atoms with E-state index in [-0.39, 0.29) is 53.3 Å². The van der Waals surface area contributed by atoms with E-state index in [4.69, 9.17) is 0 Å². The van der Waals surface area contributed by atoms with Gasteiger partial charge in [-0.2, -0.15) is 0 Å². The van der Waals surface area contributed by atoms with Crippen LogP contribution in [0.25, 0.3) is 0 Å². The number of carbonyl (C=O) groups is 5. The Morgan fingerprint density at radius 2 is 1.69 bits per heavy atom. The highest BCUT2D eigenvalue weighted by molar-refractivity contribution is 6.38. The predicted molar refractivity (Wildman–Crippen MR) is 180 cm³/mol. The summed E-state index contributed by atoms with van der Waals surface area (Å²) in [4.78, 5) is 77.6. The second-order valence-corrected chi connectivity index (χ2v) is 15.5. The van der Waals surface area contributed by atoms with Gasteiger partial charge in [0.05, 0.1) is 18.3 Å². The number of nitrogens with one attached hydrogen (secondary N) is 4. The molecule has 0 radical (unpaired) electrons. The quantitative estimate of drug-likeness (QED) is 0.221. The molecular formula is C36H55N7O5. The third kappa shape index (κ3) is 8.78. The topological polar surface area (TPSA) is 162 Å². The third-order valence-electron chi connectivity index (χ3n) is 10.8. The minimum Gasteiger partial charge on any atom is -0.347 e. The van der Waals surface area contributed by atoms with Crippen LogP contribution in [0.3, 0.4) is 0 Å². The monoisotopic (exact) mass is 665 g/mol. The van der Waals surface area contributed by atoms with Crippen molar-refractivity contribution < 1.29 is 24.0 Å². The summed E-state index contributed by atoms with van der Waals surface area (Å²) in [5.74, 6) is -1.58. The lowest BCUT2D eigenvalue weighted by Gasteiger charge is -2.38. The summed E-state index contributed by atoms with van der Waals surface area (Å²) in [7, 11) is 0. The van der Waals surface area contributed by atoms with Gasteiger partial charge in [0.1, 0.15) is 11.7 Å². The normalized spacial score (nSPS) is 24.7. The van der Waals surface area contributed by atoms with Crippen molar-refractivity contribution >= 4 is 29.4 Å². The Hall–Kier alpha value is -3.41. The average molecular weight is 666 g/mol. The maximum Gasteiger partial charge on any atom is 0.289 e. The molecule has 3 aliphatic carbocycles. The lowest BCUT2D eigenvalue weighted by molar-refractivity contribution is -0.145. The fourth-order valence-electron chi connectivity index (χ4n) is 8.03. The molecule has 0 spiro atoms. The molecule has 1 aromatic heterocycles. The lowest BCUT2D eigenvalue weighted by Crippen LogP contribution is -2.60. The maximum absolute atomic E-state index is 14.6. The Morgan fingerprint density at radius 1 is 0.938 bits per heavy atom. The van der Waals surface area contributed by atoms with Crippen LogP contribution in [0.1, 0.15) is 115 Å². The van der Waals surface area contributed by atoms with Crippen LogP contribution in [0.5, 0.6) is 0 Å². The van der Waals surface area contributed by atoms with Gasteiger partial charge >= 0.3 is 0 Å². The Kier molecular flexibility index (Phi) is 11.9. The van der Waals surface area contributed by atoms with Gasteiger partial charge in [0, 0.05) is 37.6 Å². The molecule has 4 N–H and O–H groups in total. The largest absolute Gasteiger partial charge is 0.347 e. The molecule has 6 atom stereocenters. The maximum atomic E-state index is 14.6. The van der Waals surface area contributed by atoms with Crippen LogP contribution in [0.2, 0.25) is 0 Å². The number of Topliss-reactive ketones (excluding diaryl/α,β-unsaturated/α-hetero) is 1. The molecule has 12 nitrogen and oxygen atoms in total. The summed E-state index contributed by atoms with van der Waals surface area (Å²) in [6.45, 7) is 8.83. The molecule has 0 bridgehead atoms. The first-order chi connectivity index (χ1) is 23.0. The molecule has 0 unspecified atom stereocenters. The summed E-state index contributed by atoms with van der Waals surface area (Å²) in [5.41, 5.74) is -0.243. The molecule has 2 heterocycles. The zero-order valence-corrected chi connectivity index (χ0v) is 29.1. The van der Waals surface area contributed by atoms with Gasteiger partial charge < -0.3 is 26.2 Å². The number of aromatic nitrogens is 2. The molecule has 3 saturated carbocycles. The molecule has 0 aromatic carbocycles. The zero-order chi connectivity index (χ0) is 34.4. The van der Waals surface area contributed by atoms with Gasteiger partial charge in [-0.05, 0) is 68.1 Å². The zero-order valence-electron chi connectivity index (χ0n) is 29.1. The van der Waals surface area contributed by atoms with Gasteiger partial charge in [0.25, 0.3) is 11.8 Å². The van der Waals surface area contributed by atoms with E-state index in [9.17, 15) is 24.0 Å². The van der Waals surface area contributed by atoms with Crippen molar-refractivity contribution in [3.63, 3.8) is 0 Å². The van der Waals surface area contributed by atoms with E-state index in [2.05, 4.69) is 31.2 Å². The summed E-state index contributed by atoms with van der Waals surface area (Å²) in [5, 5.41) is 12.4. The van der Waals surface area contributed by atoms with Gasteiger partial charge in [-0.3, -0.25) is 29.0 Å². The average Bonchev–Trinajstić information content (AvgIpc) is 3.63. The first-order valence-electron chi connectivity index (χ1n) is 18.2. The first-order valence-corrected chi connectivity index (χ1v) is 18.2. The van der Waals surface area contributed by atoms with Gasteiger partial charge in [-0.1, -0.05) is 59.8 Å². The molecule has 4 fully saturated rings. The van der Waals surface area contributed by atoms with E-state index in [0.29, 0.717) is 25.9 Å². The van der Waals surface area contributed by atoms with Gasteiger partial charge in [0.15, 0.2) is 0 Å². The van der Waals surface area contributed by atoms with Crippen LogP contribution in [0, 0.1) is 23.2 Å². The van der Waals surface area contributed by atoms with Crippen LogP contribution in [0.4, 0.5) is 0 Å². The highest BCUT2D eigenvalue weighted by Gasteiger charge is 2.52. The number of hydrogen-bond donors (Lipinski definition) is 4. The standard InChI is InChI=1S/C36H55N7O5/c1-5-10-26(30(44)34(47)40-24-15-16-24)41-33(46)29-25-14-9-13-23(25)21-43(29)35(48)31(36(2,3)4)39-20-27(22-11-7-6-8-12-22)42-32(45)28-19-37-17-18-38-28/h17-19,22-27,29,31,39H,5-16,20-21H2,1-4H3,(H,40,47)(H,41,46)(H,42,45)/t23-,25-,26-,27-,29-,31+/m0/s1. The SMILES string of the molecule is CCC[C@H](NC(=O)[C@@H]1[C@H]2CCC[C@H]2CN1C(=O)[C@@H](NC[C@H](NC(=O)c1cnccn1)C1CCCCC1)C(C)(C)C)C(=O)C(=O)NC1CC1.